The van der Waals surface area contributed by atoms with Crippen molar-refractivity contribution in [1.82, 2.24) is 24.6 Å². The number of hydrogen-bond donors (Lipinski definition) is 1. The molecule has 1 atom stereocenters. The highest BCUT2D eigenvalue weighted by molar-refractivity contribution is 5.80. The van der Waals surface area contributed by atoms with Gasteiger partial charge in [0, 0.05) is 31.9 Å². The average Bonchev–Trinajstić information content (AvgIpc) is 2.80. The van der Waals surface area contributed by atoms with Crippen LogP contribution in [-0.4, -0.2) is 31.8 Å². The zero-order chi connectivity index (χ0) is 18.5. The molecule has 1 aliphatic heterocycles. The number of rotatable bonds is 6. The second-order valence-electron chi connectivity index (χ2n) is 7.30. The van der Waals surface area contributed by atoms with Gasteiger partial charge in [0.05, 0.1) is 0 Å². The summed E-state index contributed by atoms with van der Waals surface area (Å²) in [5, 5.41) is 7.48. The van der Waals surface area contributed by atoms with Crippen molar-refractivity contribution < 1.29 is 4.79 Å². The van der Waals surface area contributed by atoms with Crippen molar-refractivity contribution in [2.45, 2.75) is 58.5 Å². The Morgan fingerprint density at radius 1 is 1.31 bits per heavy atom. The van der Waals surface area contributed by atoms with Gasteiger partial charge in [-0.15, -0.1) is 0 Å². The van der Waals surface area contributed by atoms with E-state index in [-0.39, 0.29) is 11.6 Å². The molecule has 26 heavy (non-hydrogen) atoms. The lowest BCUT2D eigenvalue weighted by atomic mass is 10.1. The topological polar surface area (TPSA) is 81.8 Å². The lowest BCUT2D eigenvalue weighted by molar-refractivity contribution is -0.124. The van der Waals surface area contributed by atoms with Crippen molar-refractivity contribution in [3.8, 4) is 0 Å². The molecule has 0 bridgehead atoms. The Balaban J connectivity index is 1.72. The summed E-state index contributed by atoms with van der Waals surface area (Å²) in [6, 6.07) is 3.42. The third kappa shape index (κ3) is 4.20. The van der Waals surface area contributed by atoms with E-state index in [4.69, 9.17) is 0 Å². The van der Waals surface area contributed by atoms with Crippen LogP contribution in [0, 0.1) is 5.92 Å². The van der Waals surface area contributed by atoms with E-state index in [1.807, 2.05) is 12.1 Å². The van der Waals surface area contributed by atoms with Gasteiger partial charge in [0.1, 0.15) is 11.9 Å². The van der Waals surface area contributed by atoms with Crippen molar-refractivity contribution in [3.63, 3.8) is 0 Å². The summed E-state index contributed by atoms with van der Waals surface area (Å²) in [6.45, 7) is 5.24. The molecule has 3 rings (SSSR count). The first kappa shape index (κ1) is 18.4. The predicted molar refractivity (Wildman–Crippen MR) is 98.9 cm³/mol. The van der Waals surface area contributed by atoms with Crippen LogP contribution >= 0.6 is 0 Å². The molecule has 1 unspecified atom stereocenters. The monoisotopic (exact) mass is 357 g/mol. The van der Waals surface area contributed by atoms with Gasteiger partial charge >= 0.3 is 5.69 Å². The van der Waals surface area contributed by atoms with Crippen molar-refractivity contribution in [1.29, 1.82) is 0 Å². The van der Waals surface area contributed by atoms with E-state index in [2.05, 4.69) is 29.2 Å². The van der Waals surface area contributed by atoms with Crippen LogP contribution in [0.25, 0.3) is 0 Å². The van der Waals surface area contributed by atoms with Crippen molar-refractivity contribution in [2.24, 2.45) is 5.92 Å². The highest BCUT2D eigenvalue weighted by atomic mass is 16.2. The number of nitrogens with zero attached hydrogens (tertiary/aromatic N) is 4. The van der Waals surface area contributed by atoms with E-state index in [9.17, 15) is 9.59 Å². The van der Waals surface area contributed by atoms with E-state index in [1.54, 1.807) is 17.0 Å². The first-order valence-electron chi connectivity index (χ1n) is 9.41. The maximum atomic E-state index is 12.8. The highest BCUT2D eigenvalue weighted by Gasteiger charge is 2.28. The lowest BCUT2D eigenvalue weighted by Crippen LogP contribution is -2.39. The number of aryl methyl sites for hydroxylation is 1. The second kappa shape index (κ2) is 8.29. The molecule has 1 amide bonds. The third-order valence-corrected chi connectivity index (χ3v) is 4.68. The van der Waals surface area contributed by atoms with Gasteiger partial charge in [-0.25, -0.2) is 9.48 Å². The molecule has 0 aromatic carbocycles. The maximum absolute atomic E-state index is 12.8. The van der Waals surface area contributed by atoms with E-state index < -0.39 is 6.04 Å². The van der Waals surface area contributed by atoms with E-state index >= 15 is 0 Å². The maximum Gasteiger partial charge on any atom is 0.346 e. The highest BCUT2D eigenvalue weighted by Crippen LogP contribution is 2.21. The van der Waals surface area contributed by atoms with Crippen molar-refractivity contribution >= 4 is 5.91 Å². The summed E-state index contributed by atoms with van der Waals surface area (Å²) in [5.74, 6) is 0.982. The Labute approximate surface area is 153 Å². The summed E-state index contributed by atoms with van der Waals surface area (Å²) < 4.78 is 3.14. The van der Waals surface area contributed by atoms with Crippen LogP contribution in [0.2, 0.25) is 0 Å². The Kier molecular flexibility index (Phi) is 5.85. The standard InChI is InChI=1S/C19H27N5O2/c1-14(2)13-23-19(26)24-16(5-3-4-6-17(24)22-23)18(25)21-12-9-15-7-10-20-11-8-15/h7-8,10-11,14,16H,3-6,9,12-13H2,1-2H3,(H,21,25). The van der Waals surface area contributed by atoms with Gasteiger partial charge < -0.3 is 5.32 Å². The van der Waals surface area contributed by atoms with Gasteiger partial charge in [0.15, 0.2) is 0 Å². The second-order valence-corrected chi connectivity index (χ2v) is 7.30. The summed E-state index contributed by atoms with van der Waals surface area (Å²) in [6.07, 6.45) is 7.56. The molecule has 0 fully saturated rings. The molecular formula is C19H27N5O2. The van der Waals surface area contributed by atoms with Crippen LogP contribution in [0.3, 0.4) is 0 Å². The van der Waals surface area contributed by atoms with Gasteiger partial charge in [0.2, 0.25) is 5.91 Å². The number of pyridine rings is 1. The summed E-state index contributed by atoms with van der Waals surface area (Å²) in [7, 11) is 0. The minimum atomic E-state index is -0.460. The molecule has 0 saturated carbocycles. The van der Waals surface area contributed by atoms with Gasteiger partial charge in [-0.1, -0.05) is 20.3 Å². The molecule has 2 aromatic heterocycles. The molecule has 2 aromatic rings. The average molecular weight is 357 g/mol. The van der Waals surface area contributed by atoms with Crippen LogP contribution in [-0.2, 0) is 24.2 Å². The normalized spacial score (nSPS) is 17.0. The fraction of sp³-hybridized carbons (Fsp3) is 0.579. The fourth-order valence-corrected chi connectivity index (χ4v) is 3.41. The fourth-order valence-electron chi connectivity index (χ4n) is 3.41. The first-order chi connectivity index (χ1) is 12.6. The number of carbonyl (C=O) groups is 1. The Morgan fingerprint density at radius 3 is 2.81 bits per heavy atom. The smallest absolute Gasteiger partial charge is 0.346 e. The van der Waals surface area contributed by atoms with Gasteiger partial charge in [-0.3, -0.25) is 14.3 Å². The number of nitrogens with one attached hydrogen (secondary N) is 1. The summed E-state index contributed by atoms with van der Waals surface area (Å²) in [5.41, 5.74) is 0.966. The zero-order valence-corrected chi connectivity index (χ0v) is 15.5. The molecule has 0 radical (unpaired) electrons. The first-order valence-corrected chi connectivity index (χ1v) is 9.41. The largest absolute Gasteiger partial charge is 0.354 e. The van der Waals surface area contributed by atoms with Crippen LogP contribution in [0.4, 0.5) is 0 Å². The molecule has 7 heteroatoms. The van der Waals surface area contributed by atoms with Crippen LogP contribution in [0.1, 0.15) is 50.5 Å². The quantitative estimate of drug-likeness (QED) is 0.853. The Morgan fingerprint density at radius 2 is 2.08 bits per heavy atom. The van der Waals surface area contributed by atoms with Crippen LogP contribution in [0.5, 0.6) is 0 Å². The predicted octanol–water partition coefficient (Wildman–Crippen LogP) is 1.72. The minimum Gasteiger partial charge on any atom is -0.354 e. The minimum absolute atomic E-state index is 0.0894. The summed E-state index contributed by atoms with van der Waals surface area (Å²) in [4.78, 5) is 29.6. The Hall–Kier alpha value is -2.44. The number of carbonyl (C=O) groups excluding carboxylic acids is 1. The van der Waals surface area contributed by atoms with Crippen molar-refractivity contribution in [3.05, 3.63) is 46.4 Å². The third-order valence-electron chi connectivity index (χ3n) is 4.68. The molecule has 0 spiro atoms. The number of aromatic nitrogens is 4. The van der Waals surface area contributed by atoms with E-state index in [0.29, 0.717) is 25.4 Å². The molecule has 1 aliphatic rings. The zero-order valence-electron chi connectivity index (χ0n) is 15.5. The molecular weight excluding hydrogens is 330 g/mol. The SMILES string of the molecule is CC(C)Cn1nc2n(c1=O)C(C(=O)NCCc1ccncc1)CCCC2. The van der Waals surface area contributed by atoms with Gasteiger partial charge in [-0.2, -0.15) is 5.10 Å². The number of fused-ring (bicyclic) bond motifs is 1. The Bertz CT molecular complexity index is 794. The molecule has 0 aliphatic carbocycles. The van der Waals surface area contributed by atoms with Crippen LogP contribution < -0.4 is 11.0 Å². The van der Waals surface area contributed by atoms with E-state index in [0.717, 1.165) is 37.1 Å². The molecule has 0 saturated heterocycles. The van der Waals surface area contributed by atoms with Crippen molar-refractivity contribution in [2.75, 3.05) is 6.54 Å². The molecule has 1 N–H and O–H groups in total. The number of hydrogen-bond acceptors (Lipinski definition) is 4. The van der Waals surface area contributed by atoms with Gasteiger partial charge in [0.25, 0.3) is 0 Å². The molecule has 140 valence electrons. The molecule has 3 heterocycles. The van der Waals surface area contributed by atoms with E-state index in [1.165, 1.54) is 4.68 Å². The number of amides is 1. The van der Waals surface area contributed by atoms with Crippen LogP contribution in [0.15, 0.2) is 29.3 Å². The lowest BCUT2D eigenvalue weighted by Gasteiger charge is -2.16. The van der Waals surface area contributed by atoms with Gasteiger partial charge in [-0.05, 0) is 42.9 Å². The molecule has 7 nitrogen and oxygen atoms in total. The summed E-state index contributed by atoms with van der Waals surface area (Å²) >= 11 is 0.